The first-order chi connectivity index (χ1) is 9.61. The zero-order valence-corrected chi connectivity index (χ0v) is 11.6. The maximum atomic E-state index is 12.3. The Morgan fingerprint density at radius 3 is 2.52 bits per heavy atom. The molecule has 1 aromatic carbocycles. The molecule has 0 spiro atoms. The number of anilines is 1. The molecule has 0 aliphatic rings. The average molecular weight is 303 g/mol. The standard InChI is InChI=1S/C13H16F3N3O2/c1-8(17)11(20)18-10-5-3-4-9(6-10)7-19(2)12(21)13(14,15)16/h3-6,8H,7,17H2,1-2H3,(H,18,20)/t8-/m0/s1. The lowest BCUT2D eigenvalue weighted by Gasteiger charge is -2.19. The zero-order valence-electron chi connectivity index (χ0n) is 11.6. The number of carbonyl (C=O) groups is 2. The third-order valence-electron chi connectivity index (χ3n) is 2.62. The summed E-state index contributed by atoms with van der Waals surface area (Å²) in [6.07, 6.45) is -4.91. The van der Waals surface area contributed by atoms with E-state index in [1.54, 1.807) is 18.2 Å². The molecular weight excluding hydrogens is 287 g/mol. The van der Waals surface area contributed by atoms with Gasteiger partial charge in [0, 0.05) is 19.3 Å². The molecule has 116 valence electrons. The van der Waals surface area contributed by atoms with Crippen molar-refractivity contribution in [2.24, 2.45) is 5.73 Å². The van der Waals surface area contributed by atoms with Crippen LogP contribution in [0.5, 0.6) is 0 Å². The van der Waals surface area contributed by atoms with Crippen LogP contribution in [0.3, 0.4) is 0 Å². The first kappa shape index (κ1) is 17.0. The van der Waals surface area contributed by atoms with Crippen molar-refractivity contribution in [1.29, 1.82) is 0 Å². The van der Waals surface area contributed by atoms with E-state index in [0.29, 0.717) is 16.2 Å². The van der Waals surface area contributed by atoms with Gasteiger partial charge in [0.15, 0.2) is 0 Å². The summed E-state index contributed by atoms with van der Waals surface area (Å²) < 4.78 is 36.8. The number of benzene rings is 1. The average Bonchev–Trinajstić information content (AvgIpc) is 2.36. The van der Waals surface area contributed by atoms with E-state index in [9.17, 15) is 22.8 Å². The van der Waals surface area contributed by atoms with Crippen LogP contribution in [0.2, 0.25) is 0 Å². The van der Waals surface area contributed by atoms with Gasteiger partial charge in [0.25, 0.3) is 0 Å². The van der Waals surface area contributed by atoms with Crippen LogP contribution >= 0.6 is 0 Å². The number of hydrogen-bond donors (Lipinski definition) is 2. The van der Waals surface area contributed by atoms with Gasteiger partial charge in [0.2, 0.25) is 5.91 Å². The fourth-order valence-electron chi connectivity index (χ4n) is 1.57. The van der Waals surface area contributed by atoms with Gasteiger partial charge >= 0.3 is 12.1 Å². The molecule has 0 unspecified atom stereocenters. The zero-order chi connectivity index (χ0) is 16.2. The van der Waals surface area contributed by atoms with Crippen LogP contribution in [0, 0.1) is 0 Å². The van der Waals surface area contributed by atoms with Crippen molar-refractivity contribution in [2.75, 3.05) is 12.4 Å². The molecule has 8 heteroatoms. The fraction of sp³-hybridized carbons (Fsp3) is 0.385. The third-order valence-corrected chi connectivity index (χ3v) is 2.62. The smallest absolute Gasteiger partial charge is 0.334 e. The van der Waals surface area contributed by atoms with Crippen molar-refractivity contribution in [3.63, 3.8) is 0 Å². The van der Waals surface area contributed by atoms with Crippen molar-refractivity contribution in [1.82, 2.24) is 4.90 Å². The number of amides is 2. The van der Waals surface area contributed by atoms with Crippen LogP contribution in [0.1, 0.15) is 12.5 Å². The molecular formula is C13H16F3N3O2. The van der Waals surface area contributed by atoms with Crippen LogP contribution in [0.25, 0.3) is 0 Å². The molecule has 5 nitrogen and oxygen atoms in total. The van der Waals surface area contributed by atoms with E-state index in [1.165, 1.54) is 13.0 Å². The molecule has 21 heavy (non-hydrogen) atoms. The largest absolute Gasteiger partial charge is 0.471 e. The topological polar surface area (TPSA) is 75.4 Å². The Morgan fingerprint density at radius 2 is 2.00 bits per heavy atom. The van der Waals surface area contributed by atoms with E-state index in [2.05, 4.69) is 5.32 Å². The van der Waals surface area contributed by atoms with Gasteiger partial charge in [-0.05, 0) is 24.6 Å². The van der Waals surface area contributed by atoms with Gasteiger partial charge in [-0.15, -0.1) is 0 Å². The molecule has 0 saturated heterocycles. The Bertz CT molecular complexity index is 530. The monoisotopic (exact) mass is 303 g/mol. The Morgan fingerprint density at radius 1 is 1.38 bits per heavy atom. The molecule has 0 aliphatic heterocycles. The van der Waals surface area contributed by atoms with Crippen molar-refractivity contribution in [3.05, 3.63) is 29.8 Å². The van der Waals surface area contributed by atoms with Crippen LogP contribution in [0.15, 0.2) is 24.3 Å². The highest BCUT2D eigenvalue weighted by molar-refractivity contribution is 5.94. The van der Waals surface area contributed by atoms with Gasteiger partial charge < -0.3 is 16.0 Å². The number of rotatable bonds is 4. The molecule has 1 atom stereocenters. The second-order valence-electron chi connectivity index (χ2n) is 4.64. The predicted molar refractivity (Wildman–Crippen MR) is 71.3 cm³/mol. The third kappa shape index (κ3) is 5.07. The Balaban J connectivity index is 2.77. The van der Waals surface area contributed by atoms with Gasteiger partial charge in [-0.2, -0.15) is 13.2 Å². The maximum Gasteiger partial charge on any atom is 0.471 e. The Hall–Kier alpha value is -2.09. The highest BCUT2D eigenvalue weighted by atomic mass is 19.4. The molecule has 0 radical (unpaired) electrons. The number of nitrogens with two attached hydrogens (primary N) is 1. The summed E-state index contributed by atoms with van der Waals surface area (Å²) in [6, 6.07) is 5.48. The molecule has 3 N–H and O–H groups in total. The lowest BCUT2D eigenvalue weighted by molar-refractivity contribution is -0.184. The number of nitrogens with zero attached hydrogens (tertiary/aromatic N) is 1. The number of nitrogens with one attached hydrogen (secondary N) is 1. The minimum Gasteiger partial charge on any atom is -0.334 e. The Kier molecular flexibility index (Phi) is 5.31. The summed E-state index contributed by atoms with van der Waals surface area (Å²) in [5.74, 6) is -2.33. The van der Waals surface area contributed by atoms with Crippen molar-refractivity contribution >= 4 is 17.5 Å². The van der Waals surface area contributed by atoms with E-state index >= 15 is 0 Å². The first-order valence-corrected chi connectivity index (χ1v) is 6.09. The lowest BCUT2D eigenvalue weighted by atomic mass is 10.2. The molecule has 0 heterocycles. The lowest BCUT2D eigenvalue weighted by Crippen LogP contribution is -2.38. The van der Waals surface area contributed by atoms with E-state index < -0.39 is 24.0 Å². The molecule has 0 aliphatic carbocycles. The van der Waals surface area contributed by atoms with Gasteiger partial charge in [0.05, 0.1) is 6.04 Å². The minimum atomic E-state index is -4.91. The van der Waals surface area contributed by atoms with Gasteiger partial charge in [-0.3, -0.25) is 9.59 Å². The fourth-order valence-corrected chi connectivity index (χ4v) is 1.57. The van der Waals surface area contributed by atoms with Gasteiger partial charge in [0.1, 0.15) is 0 Å². The van der Waals surface area contributed by atoms with Crippen molar-refractivity contribution in [3.8, 4) is 0 Å². The highest BCUT2D eigenvalue weighted by Crippen LogP contribution is 2.19. The molecule has 1 rings (SSSR count). The van der Waals surface area contributed by atoms with Crippen LogP contribution in [-0.4, -0.2) is 36.0 Å². The second-order valence-corrected chi connectivity index (χ2v) is 4.64. The van der Waals surface area contributed by atoms with Gasteiger partial charge in [-0.1, -0.05) is 12.1 Å². The van der Waals surface area contributed by atoms with Crippen LogP contribution in [-0.2, 0) is 16.1 Å². The Labute approximate surface area is 119 Å². The summed E-state index contributed by atoms with van der Waals surface area (Å²) in [7, 11) is 1.06. The SMILES string of the molecule is C[C@H](N)C(=O)Nc1cccc(CN(C)C(=O)C(F)(F)F)c1. The number of hydrogen-bond acceptors (Lipinski definition) is 3. The molecule has 2 amide bonds. The normalized spacial score (nSPS) is 12.7. The number of halogens is 3. The molecule has 0 fully saturated rings. The van der Waals surface area contributed by atoms with E-state index in [4.69, 9.17) is 5.73 Å². The van der Waals surface area contributed by atoms with Crippen LogP contribution in [0.4, 0.5) is 18.9 Å². The van der Waals surface area contributed by atoms with E-state index in [0.717, 1.165) is 7.05 Å². The summed E-state index contributed by atoms with van der Waals surface area (Å²) in [4.78, 5) is 23.0. The number of carbonyl (C=O) groups excluding carboxylic acids is 2. The van der Waals surface area contributed by atoms with Crippen molar-refractivity contribution < 1.29 is 22.8 Å². The van der Waals surface area contributed by atoms with Gasteiger partial charge in [-0.25, -0.2) is 0 Å². The summed E-state index contributed by atoms with van der Waals surface area (Å²) in [5, 5.41) is 2.52. The molecule has 0 aromatic heterocycles. The first-order valence-electron chi connectivity index (χ1n) is 6.09. The molecule has 0 bridgehead atoms. The van der Waals surface area contributed by atoms with Crippen LogP contribution < -0.4 is 11.1 Å². The number of alkyl halides is 3. The summed E-state index contributed by atoms with van der Waals surface area (Å²) in [6.45, 7) is 1.29. The predicted octanol–water partition coefficient (Wildman–Crippen LogP) is 1.49. The van der Waals surface area contributed by atoms with Crippen molar-refractivity contribution in [2.45, 2.75) is 25.7 Å². The highest BCUT2D eigenvalue weighted by Gasteiger charge is 2.41. The maximum absolute atomic E-state index is 12.3. The second kappa shape index (κ2) is 6.57. The quantitative estimate of drug-likeness (QED) is 0.885. The minimum absolute atomic E-state index is 0.222. The summed E-state index contributed by atoms with van der Waals surface area (Å²) in [5.41, 5.74) is 6.26. The molecule has 0 saturated carbocycles. The van der Waals surface area contributed by atoms with E-state index in [-0.39, 0.29) is 6.54 Å². The van der Waals surface area contributed by atoms with E-state index in [1.807, 2.05) is 0 Å². The summed E-state index contributed by atoms with van der Waals surface area (Å²) >= 11 is 0. The molecule has 1 aromatic rings.